The Morgan fingerprint density at radius 1 is 1.31 bits per heavy atom. The summed E-state index contributed by atoms with van der Waals surface area (Å²) in [6.07, 6.45) is 3.71. The Morgan fingerprint density at radius 2 is 2.10 bits per heavy atom. The zero-order valence-corrected chi connectivity index (χ0v) is 17.7. The third kappa shape index (κ3) is 4.15. The highest BCUT2D eigenvalue weighted by molar-refractivity contribution is 7.99. The predicted molar refractivity (Wildman–Crippen MR) is 114 cm³/mol. The Balaban J connectivity index is 1.64. The van der Waals surface area contributed by atoms with E-state index in [4.69, 9.17) is 9.72 Å². The van der Waals surface area contributed by atoms with Crippen LogP contribution in [0.3, 0.4) is 0 Å². The highest BCUT2D eigenvalue weighted by Gasteiger charge is 2.23. The number of benzene rings is 1. The molecule has 4 rings (SSSR count). The topological polar surface area (TPSA) is 61.2 Å². The van der Waals surface area contributed by atoms with Gasteiger partial charge in [-0.1, -0.05) is 11.8 Å². The van der Waals surface area contributed by atoms with E-state index < -0.39 is 0 Å². The molecular weight excluding hydrogens is 411 g/mol. The summed E-state index contributed by atoms with van der Waals surface area (Å²) in [5.41, 5.74) is 1.58. The van der Waals surface area contributed by atoms with Crippen LogP contribution in [-0.2, 0) is 24.1 Å². The van der Waals surface area contributed by atoms with E-state index in [9.17, 15) is 14.0 Å². The van der Waals surface area contributed by atoms with Gasteiger partial charge in [0.1, 0.15) is 10.6 Å². The minimum atomic E-state index is -0.376. The van der Waals surface area contributed by atoms with E-state index in [1.807, 2.05) is 0 Å². The number of ketones is 1. The van der Waals surface area contributed by atoms with E-state index in [0.29, 0.717) is 30.3 Å². The normalized spacial score (nSPS) is 13.2. The molecule has 0 bridgehead atoms. The largest absolute Gasteiger partial charge is 0.385 e. The second-order valence-corrected chi connectivity index (χ2v) is 8.98. The van der Waals surface area contributed by atoms with Gasteiger partial charge in [-0.05, 0) is 55.5 Å². The molecule has 0 N–H and O–H groups in total. The summed E-state index contributed by atoms with van der Waals surface area (Å²) in [5.74, 6) is -0.362. The molecule has 5 nitrogen and oxygen atoms in total. The number of carbonyl (C=O) groups excluding carboxylic acids is 1. The molecule has 0 amide bonds. The average Bonchev–Trinajstić information content (AvgIpc) is 3.29. The highest BCUT2D eigenvalue weighted by Crippen LogP contribution is 2.35. The lowest BCUT2D eigenvalue weighted by Gasteiger charge is -2.12. The standard InChI is InChI=1S/C21H21FN2O3S2/c1-27-11-3-10-24-20(26)18-15-4-2-5-17(15)29-19(18)23-21(24)28-12-16(25)13-6-8-14(22)9-7-13/h6-9H,2-5,10-12H2,1H3. The Morgan fingerprint density at radius 3 is 2.86 bits per heavy atom. The van der Waals surface area contributed by atoms with Crippen molar-refractivity contribution in [2.24, 2.45) is 0 Å². The number of ether oxygens (including phenoxy) is 1. The second-order valence-electron chi connectivity index (χ2n) is 6.95. The minimum Gasteiger partial charge on any atom is -0.385 e. The summed E-state index contributed by atoms with van der Waals surface area (Å²) in [4.78, 5) is 32.5. The Labute approximate surface area is 175 Å². The average molecular weight is 433 g/mol. The maximum Gasteiger partial charge on any atom is 0.263 e. The van der Waals surface area contributed by atoms with Gasteiger partial charge in [0.05, 0.1) is 11.1 Å². The lowest BCUT2D eigenvalue weighted by Crippen LogP contribution is -2.24. The Hall–Kier alpha value is -2.03. The zero-order valence-electron chi connectivity index (χ0n) is 16.1. The number of hydrogen-bond donors (Lipinski definition) is 0. The van der Waals surface area contributed by atoms with Gasteiger partial charge < -0.3 is 4.74 Å². The van der Waals surface area contributed by atoms with Crippen LogP contribution < -0.4 is 5.56 Å². The van der Waals surface area contributed by atoms with E-state index in [0.717, 1.165) is 35.0 Å². The van der Waals surface area contributed by atoms with Crippen molar-refractivity contribution in [3.05, 3.63) is 56.4 Å². The SMILES string of the molecule is COCCCn1c(SCC(=O)c2ccc(F)cc2)nc2sc3c(c2c1=O)CCC3. The lowest BCUT2D eigenvalue weighted by atomic mass is 10.1. The van der Waals surface area contributed by atoms with Crippen molar-refractivity contribution in [1.29, 1.82) is 0 Å². The molecule has 0 radical (unpaired) electrons. The molecule has 152 valence electrons. The van der Waals surface area contributed by atoms with Gasteiger partial charge in [-0.15, -0.1) is 11.3 Å². The number of thiophene rings is 1. The number of nitrogens with zero attached hydrogens (tertiary/aromatic N) is 2. The van der Waals surface area contributed by atoms with E-state index in [-0.39, 0.29) is 22.9 Å². The van der Waals surface area contributed by atoms with Gasteiger partial charge >= 0.3 is 0 Å². The van der Waals surface area contributed by atoms with Crippen molar-refractivity contribution >= 4 is 39.1 Å². The fourth-order valence-corrected chi connectivity index (χ4v) is 5.80. The number of aryl methyl sites for hydroxylation is 2. The van der Waals surface area contributed by atoms with Crippen LogP contribution in [0.25, 0.3) is 10.2 Å². The fraction of sp³-hybridized carbons (Fsp3) is 0.381. The van der Waals surface area contributed by atoms with Crippen molar-refractivity contribution in [3.63, 3.8) is 0 Å². The van der Waals surface area contributed by atoms with Gasteiger partial charge in [0.15, 0.2) is 10.9 Å². The minimum absolute atomic E-state index is 0.0257. The molecule has 2 heterocycles. The Bertz CT molecular complexity index is 1110. The first-order valence-corrected chi connectivity index (χ1v) is 11.3. The number of fused-ring (bicyclic) bond motifs is 3. The van der Waals surface area contributed by atoms with Gasteiger partial charge in [-0.3, -0.25) is 14.2 Å². The maximum atomic E-state index is 13.3. The summed E-state index contributed by atoms with van der Waals surface area (Å²) >= 11 is 2.85. The number of halogens is 1. The van der Waals surface area contributed by atoms with Gasteiger partial charge in [-0.25, -0.2) is 9.37 Å². The number of Topliss-reactive ketones (excluding diaryl/α,β-unsaturated/α-hetero) is 1. The predicted octanol–water partition coefficient (Wildman–Crippen LogP) is 4.10. The van der Waals surface area contributed by atoms with Crippen LogP contribution in [0.4, 0.5) is 4.39 Å². The number of carbonyl (C=O) groups is 1. The molecule has 0 fully saturated rings. The van der Waals surface area contributed by atoms with Crippen molar-refractivity contribution in [1.82, 2.24) is 9.55 Å². The first kappa shape index (κ1) is 20.3. The number of thioether (sulfide) groups is 1. The van der Waals surface area contributed by atoms with Crippen LogP contribution in [0.15, 0.2) is 34.2 Å². The lowest BCUT2D eigenvalue weighted by molar-refractivity contribution is 0.102. The molecule has 8 heteroatoms. The fourth-order valence-electron chi connectivity index (χ4n) is 3.58. The van der Waals surface area contributed by atoms with Crippen LogP contribution in [0.5, 0.6) is 0 Å². The zero-order chi connectivity index (χ0) is 20.4. The number of rotatable bonds is 8. The molecule has 29 heavy (non-hydrogen) atoms. The molecule has 0 aliphatic heterocycles. The molecule has 1 aromatic carbocycles. The summed E-state index contributed by atoms with van der Waals surface area (Å²) in [6, 6.07) is 5.50. The quantitative estimate of drug-likeness (QED) is 0.232. The molecule has 3 aromatic rings. The molecule has 0 spiro atoms. The van der Waals surface area contributed by atoms with Gasteiger partial charge in [0, 0.05) is 30.7 Å². The van der Waals surface area contributed by atoms with Crippen molar-refractivity contribution in [2.45, 2.75) is 37.4 Å². The van der Waals surface area contributed by atoms with Gasteiger partial charge in [0.25, 0.3) is 5.56 Å². The molecular formula is C21H21FN2O3S2. The monoisotopic (exact) mass is 432 g/mol. The van der Waals surface area contributed by atoms with Crippen LogP contribution in [0, 0.1) is 5.82 Å². The van der Waals surface area contributed by atoms with Crippen LogP contribution in [0.2, 0.25) is 0 Å². The van der Waals surface area contributed by atoms with E-state index >= 15 is 0 Å². The smallest absolute Gasteiger partial charge is 0.263 e. The molecule has 0 atom stereocenters. The third-order valence-corrected chi connectivity index (χ3v) is 7.18. The van der Waals surface area contributed by atoms with Gasteiger partial charge in [-0.2, -0.15) is 0 Å². The van der Waals surface area contributed by atoms with E-state index in [2.05, 4.69) is 0 Å². The van der Waals surface area contributed by atoms with E-state index in [1.54, 1.807) is 23.0 Å². The molecule has 1 aliphatic carbocycles. The van der Waals surface area contributed by atoms with E-state index in [1.165, 1.54) is 40.9 Å². The maximum absolute atomic E-state index is 13.3. The number of aromatic nitrogens is 2. The Kier molecular flexibility index (Phi) is 6.12. The first-order chi connectivity index (χ1) is 14.1. The summed E-state index contributed by atoms with van der Waals surface area (Å²) < 4.78 is 19.9. The van der Waals surface area contributed by atoms with Crippen LogP contribution in [-0.4, -0.2) is 34.8 Å². The summed E-state index contributed by atoms with van der Waals surface area (Å²) in [5, 5.41) is 1.29. The number of methoxy groups -OCH3 is 1. The molecule has 2 aromatic heterocycles. The molecule has 0 saturated heterocycles. The number of hydrogen-bond acceptors (Lipinski definition) is 6. The van der Waals surface area contributed by atoms with Gasteiger partial charge in [0.2, 0.25) is 0 Å². The summed E-state index contributed by atoms with van der Waals surface area (Å²) in [6.45, 7) is 1.04. The van der Waals surface area contributed by atoms with Crippen LogP contribution >= 0.6 is 23.1 Å². The molecule has 1 aliphatic rings. The van der Waals surface area contributed by atoms with Crippen molar-refractivity contribution < 1.29 is 13.9 Å². The molecule has 0 unspecified atom stereocenters. The third-order valence-electron chi connectivity index (χ3n) is 5.02. The van der Waals surface area contributed by atoms with Crippen molar-refractivity contribution in [2.75, 3.05) is 19.5 Å². The second kappa shape index (κ2) is 8.77. The first-order valence-electron chi connectivity index (χ1n) is 9.54. The molecule has 0 saturated carbocycles. The highest BCUT2D eigenvalue weighted by atomic mass is 32.2. The van der Waals surface area contributed by atoms with Crippen molar-refractivity contribution in [3.8, 4) is 0 Å². The van der Waals surface area contributed by atoms with Crippen LogP contribution in [0.1, 0.15) is 33.6 Å². The summed E-state index contributed by atoms with van der Waals surface area (Å²) in [7, 11) is 1.63.